The van der Waals surface area contributed by atoms with Crippen LogP contribution < -0.4 is 0 Å². The molecule has 1 heterocycles. The highest BCUT2D eigenvalue weighted by Gasteiger charge is 2.02. The summed E-state index contributed by atoms with van der Waals surface area (Å²) in [6, 6.07) is 0. The van der Waals surface area contributed by atoms with Gasteiger partial charge in [-0.05, 0) is 0 Å². The molecule has 0 radical (unpaired) electrons. The zero-order valence-electron chi connectivity index (χ0n) is 3.40. The molecule has 0 bridgehead atoms. The zero-order valence-corrected chi connectivity index (χ0v) is 4.22. The molecule has 1 aliphatic rings. The van der Waals surface area contributed by atoms with Crippen LogP contribution in [0, 0.1) is 0 Å². The maximum atomic E-state index is 10.2. The summed E-state index contributed by atoms with van der Waals surface area (Å²) in [7, 11) is -3.02. The highest BCUT2D eigenvalue weighted by Crippen LogP contribution is 1.94. The van der Waals surface area contributed by atoms with Gasteiger partial charge in [-0.25, -0.2) is 8.42 Å². The molecule has 7 heavy (non-hydrogen) atoms. The Morgan fingerprint density at radius 3 is 2.29 bits per heavy atom. The molecule has 1 aliphatic heterocycles. The first-order valence-electron chi connectivity index (χ1n) is 1.65. The first-order chi connectivity index (χ1) is 3.21. The number of hydrogen-bond acceptors (Lipinski definition) is 3. The lowest BCUT2D eigenvalue weighted by atomic mass is 11.1. The SMILES string of the molecule is O=S1(=O)C=CN=C1. The lowest BCUT2D eigenvalue weighted by molar-refractivity contribution is 0.616. The van der Waals surface area contributed by atoms with Crippen molar-refractivity contribution >= 4 is 15.4 Å². The van der Waals surface area contributed by atoms with Gasteiger partial charge in [-0.3, -0.25) is 4.99 Å². The van der Waals surface area contributed by atoms with Crippen molar-refractivity contribution in [2.24, 2.45) is 4.99 Å². The number of nitrogens with zero attached hydrogens (tertiary/aromatic N) is 1. The fourth-order valence-corrected chi connectivity index (χ4v) is 0.825. The fourth-order valence-electron chi connectivity index (χ4n) is 0.275. The molecule has 0 aromatic carbocycles. The number of sulfone groups is 1. The van der Waals surface area contributed by atoms with Crippen molar-refractivity contribution in [3.05, 3.63) is 11.6 Å². The molecule has 0 atom stereocenters. The van der Waals surface area contributed by atoms with Crippen molar-refractivity contribution in [2.45, 2.75) is 0 Å². The van der Waals surface area contributed by atoms with Gasteiger partial charge in [0.25, 0.3) is 0 Å². The Balaban J connectivity index is 3.25. The fraction of sp³-hybridized carbons (Fsp3) is 0. The van der Waals surface area contributed by atoms with Crippen LogP contribution in [0.3, 0.4) is 0 Å². The molecule has 0 aliphatic carbocycles. The van der Waals surface area contributed by atoms with Crippen molar-refractivity contribution in [2.75, 3.05) is 0 Å². The van der Waals surface area contributed by atoms with E-state index in [1.54, 1.807) is 0 Å². The first-order valence-corrected chi connectivity index (χ1v) is 3.26. The molecule has 0 unspecified atom stereocenters. The summed E-state index contributed by atoms with van der Waals surface area (Å²) >= 11 is 0. The van der Waals surface area contributed by atoms with E-state index in [1.807, 2.05) is 0 Å². The minimum Gasteiger partial charge on any atom is -0.252 e. The molecule has 0 saturated carbocycles. The number of rotatable bonds is 0. The standard InChI is InChI=1S/C3H3NO2S/c5-7(6)2-1-4-3-7/h1-3H. The average Bonchev–Trinajstić information content (AvgIpc) is 1.84. The molecule has 1 rings (SSSR count). The minimum atomic E-state index is -3.02. The molecular weight excluding hydrogens is 114 g/mol. The van der Waals surface area contributed by atoms with E-state index in [1.165, 1.54) is 6.20 Å². The van der Waals surface area contributed by atoms with E-state index < -0.39 is 9.84 Å². The summed E-state index contributed by atoms with van der Waals surface area (Å²) in [4.78, 5) is 3.34. The van der Waals surface area contributed by atoms with E-state index in [2.05, 4.69) is 4.99 Å². The van der Waals surface area contributed by atoms with E-state index in [9.17, 15) is 8.42 Å². The van der Waals surface area contributed by atoms with Gasteiger partial charge < -0.3 is 0 Å². The van der Waals surface area contributed by atoms with E-state index in [0.29, 0.717) is 0 Å². The average molecular weight is 117 g/mol. The quantitative estimate of drug-likeness (QED) is 0.445. The molecule has 0 aromatic rings. The van der Waals surface area contributed by atoms with Crippen LogP contribution in [0.25, 0.3) is 0 Å². The Bertz CT molecular complexity index is 193. The van der Waals surface area contributed by atoms with Crippen LogP contribution in [0.5, 0.6) is 0 Å². The molecular formula is C3H3NO2S. The Morgan fingerprint density at radius 1 is 1.43 bits per heavy atom. The van der Waals surface area contributed by atoms with E-state index in [0.717, 1.165) is 11.0 Å². The summed E-state index contributed by atoms with van der Waals surface area (Å²) in [5, 5.41) is 1.05. The third-order valence-corrected chi connectivity index (χ3v) is 1.46. The van der Waals surface area contributed by atoms with Crippen molar-refractivity contribution in [1.29, 1.82) is 0 Å². The van der Waals surface area contributed by atoms with Crippen LogP contribution in [0.4, 0.5) is 0 Å². The zero-order chi connectivity index (χ0) is 5.33. The molecule has 0 saturated heterocycles. The van der Waals surface area contributed by atoms with Crippen LogP contribution in [-0.2, 0) is 9.84 Å². The van der Waals surface area contributed by atoms with Crippen molar-refractivity contribution in [3.8, 4) is 0 Å². The lowest BCUT2D eigenvalue weighted by Crippen LogP contribution is -1.88. The molecule has 4 heteroatoms. The van der Waals surface area contributed by atoms with Gasteiger partial charge in [-0.1, -0.05) is 0 Å². The van der Waals surface area contributed by atoms with Crippen LogP contribution >= 0.6 is 0 Å². The van der Waals surface area contributed by atoms with E-state index in [-0.39, 0.29) is 0 Å². The summed E-state index contributed by atoms with van der Waals surface area (Å²) in [6.07, 6.45) is 1.25. The van der Waals surface area contributed by atoms with Crippen LogP contribution in [0.1, 0.15) is 0 Å². The predicted molar refractivity (Wildman–Crippen MR) is 26.6 cm³/mol. The summed E-state index contributed by atoms with van der Waals surface area (Å²) < 4.78 is 20.4. The molecule has 0 fully saturated rings. The highest BCUT2D eigenvalue weighted by molar-refractivity contribution is 8.07. The van der Waals surface area contributed by atoms with Crippen LogP contribution in [0.15, 0.2) is 16.6 Å². The van der Waals surface area contributed by atoms with E-state index >= 15 is 0 Å². The highest BCUT2D eigenvalue weighted by atomic mass is 32.2. The van der Waals surface area contributed by atoms with Crippen LogP contribution in [0.2, 0.25) is 0 Å². The topological polar surface area (TPSA) is 46.5 Å². The van der Waals surface area contributed by atoms with Crippen molar-refractivity contribution < 1.29 is 8.42 Å². The number of hydrogen-bond donors (Lipinski definition) is 0. The Hall–Kier alpha value is -0.640. The molecule has 0 N–H and O–H groups in total. The Morgan fingerprint density at radius 2 is 2.14 bits per heavy atom. The van der Waals surface area contributed by atoms with E-state index in [4.69, 9.17) is 0 Å². The van der Waals surface area contributed by atoms with Gasteiger partial charge in [0.05, 0.1) is 5.41 Å². The van der Waals surface area contributed by atoms with Crippen LogP contribution in [-0.4, -0.2) is 14.0 Å². The summed E-state index contributed by atoms with van der Waals surface area (Å²) in [5.74, 6) is 0. The maximum Gasteiger partial charge on any atom is 0.211 e. The normalized spacial score (nSPS) is 23.4. The second-order valence-corrected chi connectivity index (χ2v) is 2.79. The first kappa shape index (κ1) is 4.52. The van der Waals surface area contributed by atoms with Gasteiger partial charge in [0.1, 0.15) is 5.55 Å². The number of aliphatic imine (C=N–C) groups is 1. The third-order valence-electron chi connectivity index (χ3n) is 0.544. The second kappa shape index (κ2) is 1.16. The van der Waals surface area contributed by atoms with Gasteiger partial charge >= 0.3 is 0 Å². The monoisotopic (exact) mass is 117 g/mol. The summed E-state index contributed by atoms with van der Waals surface area (Å²) in [6.45, 7) is 0. The molecule has 38 valence electrons. The molecule has 3 nitrogen and oxygen atoms in total. The second-order valence-electron chi connectivity index (χ2n) is 1.13. The van der Waals surface area contributed by atoms with Gasteiger partial charge in [0.2, 0.25) is 9.84 Å². The molecule has 0 amide bonds. The smallest absolute Gasteiger partial charge is 0.211 e. The van der Waals surface area contributed by atoms with Gasteiger partial charge in [0, 0.05) is 6.20 Å². The molecule has 0 aromatic heterocycles. The minimum absolute atomic E-state index is 0.910. The summed E-state index contributed by atoms with van der Waals surface area (Å²) in [5.41, 5.74) is 0.910. The maximum absolute atomic E-state index is 10.2. The Labute approximate surface area is 41.3 Å². The lowest BCUT2D eigenvalue weighted by Gasteiger charge is -1.71. The van der Waals surface area contributed by atoms with Gasteiger partial charge in [0.15, 0.2) is 0 Å². The van der Waals surface area contributed by atoms with Crippen molar-refractivity contribution in [3.63, 3.8) is 0 Å². The third kappa shape index (κ3) is 0.866. The van der Waals surface area contributed by atoms with Crippen molar-refractivity contribution in [1.82, 2.24) is 0 Å². The largest absolute Gasteiger partial charge is 0.252 e. The van der Waals surface area contributed by atoms with Gasteiger partial charge in [-0.15, -0.1) is 0 Å². The Kier molecular flexibility index (Phi) is 0.751. The predicted octanol–water partition coefficient (Wildman–Crippen LogP) is -0.0857. The van der Waals surface area contributed by atoms with Gasteiger partial charge in [-0.2, -0.15) is 0 Å². The molecule has 0 spiro atoms.